The second-order valence-corrected chi connectivity index (χ2v) is 5.65. The molecule has 0 radical (unpaired) electrons. The fourth-order valence-electron chi connectivity index (χ4n) is 2.05. The summed E-state index contributed by atoms with van der Waals surface area (Å²) in [6.07, 6.45) is 1.44. The molecule has 1 aliphatic heterocycles. The van der Waals surface area contributed by atoms with E-state index in [2.05, 4.69) is 50.0 Å². The maximum Gasteiger partial charge on any atom is 0.267 e. The van der Waals surface area contributed by atoms with Gasteiger partial charge in [-0.15, -0.1) is 0 Å². The summed E-state index contributed by atoms with van der Waals surface area (Å²) in [5.41, 5.74) is -0.160. The number of H-pyrrole nitrogens is 1. The molecule has 2 rings (SSSR count). The molecule has 106 valence electrons. The molecule has 6 nitrogen and oxygen atoms in total. The monoisotopic (exact) mass is 330 g/mol. The number of anilines is 1. The van der Waals surface area contributed by atoms with Crippen molar-refractivity contribution in [3.05, 3.63) is 21.2 Å². The number of nitrogens with zero attached hydrogens (tertiary/aromatic N) is 2. The molecule has 1 saturated heterocycles. The van der Waals surface area contributed by atoms with E-state index >= 15 is 0 Å². The number of nitrogens with one attached hydrogen (secondary N) is 2. The Balaban J connectivity index is 2.19. The smallest absolute Gasteiger partial charge is 0.267 e. The van der Waals surface area contributed by atoms with Crippen molar-refractivity contribution in [3.63, 3.8) is 0 Å². The largest absolute Gasteiger partial charge is 0.377 e. The quantitative estimate of drug-likeness (QED) is 0.851. The maximum absolute atomic E-state index is 11.6. The molecule has 0 bridgehead atoms. The van der Waals surface area contributed by atoms with E-state index in [1.54, 1.807) is 0 Å². The lowest BCUT2D eigenvalue weighted by Crippen LogP contribution is -2.52. The zero-order valence-electron chi connectivity index (χ0n) is 11.1. The van der Waals surface area contributed by atoms with Gasteiger partial charge < -0.3 is 19.9 Å². The Bertz CT molecular complexity index is 477. The van der Waals surface area contributed by atoms with Crippen LogP contribution in [-0.2, 0) is 4.74 Å². The minimum atomic E-state index is -0.160. The first kappa shape index (κ1) is 14.5. The normalized spacial score (nSPS) is 20.0. The third-order valence-corrected chi connectivity index (χ3v) is 3.75. The van der Waals surface area contributed by atoms with Crippen LogP contribution in [-0.4, -0.2) is 48.4 Å². The molecule has 1 unspecified atom stereocenters. The number of aromatic amines is 1. The van der Waals surface area contributed by atoms with Gasteiger partial charge in [0, 0.05) is 19.1 Å². The molecule has 0 amide bonds. The number of ether oxygens (including phenoxy) is 1. The molecular formula is C12H19BrN4O2. The molecule has 1 aromatic heterocycles. The van der Waals surface area contributed by atoms with E-state index in [9.17, 15) is 4.79 Å². The van der Waals surface area contributed by atoms with Crippen molar-refractivity contribution < 1.29 is 4.74 Å². The van der Waals surface area contributed by atoms with Crippen LogP contribution in [0.1, 0.15) is 13.8 Å². The van der Waals surface area contributed by atoms with Gasteiger partial charge in [0.2, 0.25) is 0 Å². The predicted molar refractivity (Wildman–Crippen MR) is 77.6 cm³/mol. The molecule has 19 heavy (non-hydrogen) atoms. The summed E-state index contributed by atoms with van der Waals surface area (Å²) in [7, 11) is 0. The highest BCUT2D eigenvalue weighted by atomic mass is 79.9. The Morgan fingerprint density at radius 2 is 2.47 bits per heavy atom. The van der Waals surface area contributed by atoms with E-state index in [-0.39, 0.29) is 11.6 Å². The Morgan fingerprint density at radius 1 is 1.68 bits per heavy atom. The Hall–Kier alpha value is -0.920. The summed E-state index contributed by atoms with van der Waals surface area (Å²) in [6, 6.07) is 0.598. The van der Waals surface area contributed by atoms with Crippen molar-refractivity contribution in [1.82, 2.24) is 15.3 Å². The van der Waals surface area contributed by atoms with Crippen LogP contribution < -0.4 is 15.8 Å². The number of morpholine rings is 1. The van der Waals surface area contributed by atoms with Crippen LogP contribution in [0, 0.1) is 0 Å². The van der Waals surface area contributed by atoms with Gasteiger partial charge in [-0.3, -0.25) is 4.79 Å². The van der Waals surface area contributed by atoms with Crippen LogP contribution in [0.25, 0.3) is 0 Å². The van der Waals surface area contributed by atoms with Crippen LogP contribution in [0.4, 0.5) is 5.82 Å². The zero-order chi connectivity index (χ0) is 13.8. The maximum atomic E-state index is 11.6. The summed E-state index contributed by atoms with van der Waals surface area (Å²) in [6.45, 7) is 7.04. The second kappa shape index (κ2) is 6.49. The van der Waals surface area contributed by atoms with E-state index in [1.165, 1.54) is 6.33 Å². The third kappa shape index (κ3) is 3.55. The fraction of sp³-hybridized carbons (Fsp3) is 0.667. The van der Waals surface area contributed by atoms with Crippen LogP contribution >= 0.6 is 15.9 Å². The number of hydrogen-bond donors (Lipinski definition) is 2. The van der Waals surface area contributed by atoms with Gasteiger partial charge >= 0.3 is 0 Å². The molecule has 0 spiro atoms. The van der Waals surface area contributed by atoms with Crippen molar-refractivity contribution >= 4 is 21.7 Å². The van der Waals surface area contributed by atoms with E-state index < -0.39 is 0 Å². The number of halogens is 1. The molecule has 0 aliphatic carbocycles. The van der Waals surface area contributed by atoms with Gasteiger partial charge in [0.05, 0.1) is 25.6 Å². The van der Waals surface area contributed by atoms with Gasteiger partial charge in [0.25, 0.3) is 5.56 Å². The van der Waals surface area contributed by atoms with Crippen molar-refractivity contribution in [2.24, 2.45) is 0 Å². The van der Waals surface area contributed by atoms with Gasteiger partial charge in [-0.25, -0.2) is 4.98 Å². The standard InChI is InChI=1S/C12H19BrN4O2/c1-8(2)14-5-9-6-19-4-3-17(9)11-10(13)12(18)16-7-15-11/h7-9,14H,3-6H2,1-2H3,(H,15,16,18). The fourth-order valence-corrected chi connectivity index (χ4v) is 2.49. The number of rotatable bonds is 4. The first-order valence-corrected chi connectivity index (χ1v) is 7.20. The third-order valence-electron chi connectivity index (χ3n) is 3.04. The summed E-state index contributed by atoms with van der Waals surface area (Å²) in [4.78, 5) is 20.6. The molecule has 2 N–H and O–H groups in total. The number of aromatic nitrogens is 2. The highest BCUT2D eigenvalue weighted by Gasteiger charge is 2.26. The van der Waals surface area contributed by atoms with Crippen LogP contribution in [0.3, 0.4) is 0 Å². The lowest BCUT2D eigenvalue weighted by molar-refractivity contribution is 0.0927. The molecule has 0 saturated carbocycles. The van der Waals surface area contributed by atoms with E-state index in [0.29, 0.717) is 29.5 Å². The molecule has 7 heteroatoms. The first-order chi connectivity index (χ1) is 9.09. The molecule has 0 aromatic carbocycles. The van der Waals surface area contributed by atoms with Crippen LogP contribution in [0.5, 0.6) is 0 Å². The molecule has 1 aliphatic rings. The average Bonchev–Trinajstić information content (AvgIpc) is 2.40. The second-order valence-electron chi connectivity index (χ2n) is 4.85. The summed E-state index contributed by atoms with van der Waals surface area (Å²) in [5.74, 6) is 0.683. The summed E-state index contributed by atoms with van der Waals surface area (Å²) in [5, 5.41) is 3.40. The Kier molecular flexibility index (Phi) is 4.95. The van der Waals surface area contributed by atoms with Crippen molar-refractivity contribution in [2.75, 3.05) is 31.2 Å². The zero-order valence-corrected chi connectivity index (χ0v) is 12.7. The van der Waals surface area contributed by atoms with Gasteiger partial charge in [-0.1, -0.05) is 13.8 Å². The average molecular weight is 331 g/mol. The van der Waals surface area contributed by atoms with Crippen molar-refractivity contribution in [3.8, 4) is 0 Å². The summed E-state index contributed by atoms with van der Waals surface area (Å²) < 4.78 is 6.00. The van der Waals surface area contributed by atoms with Crippen LogP contribution in [0.15, 0.2) is 15.6 Å². The summed E-state index contributed by atoms with van der Waals surface area (Å²) >= 11 is 3.31. The van der Waals surface area contributed by atoms with Gasteiger partial charge in [-0.2, -0.15) is 0 Å². The van der Waals surface area contributed by atoms with Crippen molar-refractivity contribution in [2.45, 2.75) is 25.9 Å². The van der Waals surface area contributed by atoms with E-state index in [0.717, 1.165) is 13.1 Å². The van der Waals surface area contributed by atoms with Gasteiger partial charge in [-0.05, 0) is 15.9 Å². The lowest BCUT2D eigenvalue weighted by atomic mass is 10.2. The first-order valence-electron chi connectivity index (χ1n) is 6.40. The molecule has 1 aromatic rings. The highest BCUT2D eigenvalue weighted by Crippen LogP contribution is 2.22. The van der Waals surface area contributed by atoms with Crippen LogP contribution in [0.2, 0.25) is 0 Å². The topological polar surface area (TPSA) is 70.2 Å². The minimum Gasteiger partial charge on any atom is -0.377 e. The lowest BCUT2D eigenvalue weighted by Gasteiger charge is -2.37. The van der Waals surface area contributed by atoms with Crippen molar-refractivity contribution in [1.29, 1.82) is 0 Å². The molecule has 2 heterocycles. The SMILES string of the molecule is CC(C)NCC1COCCN1c1nc[nH]c(=O)c1Br. The Labute approximate surface area is 120 Å². The molecule has 1 atom stereocenters. The predicted octanol–water partition coefficient (Wildman–Crippen LogP) is 0.736. The van der Waals surface area contributed by atoms with Gasteiger partial charge in [0.15, 0.2) is 5.82 Å². The van der Waals surface area contributed by atoms with Gasteiger partial charge in [0.1, 0.15) is 4.47 Å². The Morgan fingerprint density at radius 3 is 3.21 bits per heavy atom. The minimum absolute atomic E-state index is 0.160. The highest BCUT2D eigenvalue weighted by molar-refractivity contribution is 9.10. The van der Waals surface area contributed by atoms with E-state index in [4.69, 9.17) is 4.74 Å². The number of hydrogen-bond acceptors (Lipinski definition) is 5. The molecule has 1 fully saturated rings. The van der Waals surface area contributed by atoms with E-state index in [1.807, 2.05) is 0 Å². The molecular weight excluding hydrogens is 312 g/mol.